The molecule has 162 valence electrons. The highest BCUT2D eigenvalue weighted by Gasteiger charge is 2.12. The molecular weight excluding hydrogens is 494 g/mol. The number of benzene rings is 1. The van der Waals surface area contributed by atoms with Gasteiger partial charge in [-0.25, -0.2) is 17.8 Å². The minimum absolute atomic E-state index is 0. The average Bonchev–Trinajstić information content (AvgIpc) is 2.59. The third kappa shape index (κ3) is 10.0. The van der Waals surface area contributed by atoms with Gasteiger partial charge in [0, 0.05) is 25.4 Å². The van der Waals surface area contributed by atoms with Gasteiger partial charge in [0.05, 0.1) is 12.3 Å². The first-order valence-corrected chi connectivity index (χ1v) is 11.5. The molecule has 0 saturated heterocycles. The van der Waals surface area contributed by atoms with E-state index in [1.165, 1.54) is 24.5 Å². The summed E-state index contributed by atoms with van der Waals surface area (Å²) in [5.74, 6) is 0.109. The molecule has 1 atom stereocenters. The van der Waals surface area contributed by atoms with Crippen LogP contribution in [0, 0.1) is 5.82 Å². The molecule has 9 heteroatoms. The van der Waals surface area contributed by atoms with Crippen molar-refractivity contribution in [3.8, 4) is 0 Å². The van der Waals surface area contributed by atoms with E-state index in [1.54, 1.807) is 0 Å². The maximum Gasteiger partial charge on any atom is 0.191 e. The third-order valence-corrected chi connectivity index (χ3v) is 5.17. The molecule has 0 radical (unpaired) electrons. The summed E-state index contributed by atoms with van der Waals surface area (Å²) in [6.45, 7) is 12.0. The van der Waals surface area contributed by atoms with Gasteiger partial charge in [0.15, 0.2) is 15.8 Å². The fourth-order valence-corrected chi connectivity index (χ4v) is 3.74. The quantitative estimate of drug-likeness (QED) is 0.278. The lowest BCUT2D eigenvalue weighted by Gasteiger charge is -2.27. The smallest absolute Gasteiger partial charge is 0.191 e. The standard InChI is InChI=1S/C19H33FN4O2S.HI/c1-6-21-19(22-12-15(4)24(7-2)8-3)23-13-17-11-18(20)10-9-16(17)14-27(5,25)26;/h9-11,15H,6-8,12-14H2,1-5H3,(H2,21,22,23);1H. The van der Waals surface area contributed by atoms with Gasteiger partial charge in [-0.3, -0.25) is 4.90 Å². The lowest BCUT2D eigenvalue weighted by atomic mass is 10.1. The molecule has 1 aromatic carbocycles. The van der Waals surface area contributed by atoms with Crippen LogP contribution >= 0.6 is 24.0 Å². The van der Waals surface area contributed by atoms with E-state index < -0.39 is 15.7 Å². The number of hydrogen-bond acceptors (Lipinski definition) is 4. The molecule has 0 bridgehead atoms. The van der Waals surface area contributed by atoms with Gasteiger partial charge >= 0.3 is 0 Å². The van der Waals surface area contributed by atoms with E-state index in [9.17, 15) is 12.8 Å². The van der Waals surface area contributed by atoms with Crippen molar-refractivity contribution in [2.45, 2.75) is 46.0 Å². The summed E-state index contributed by atoms with van der Waals surface area (Å²) in [4.78, 5) is 6.85. The molecule has 0 aliphatic heterocycles. The molecule has 0 saturated carbocycles. The summed E-state index contributed by atoms with van der Waals surface area (Å²) in [5, 5.41) is 6.48. The van der Waals surface area contributed by atoms with Crippen molar-refractivity contribution in [2.75, 3.05) is 32.4 Å². The molecule has 0 amide bonds. The molecule has 0 fully saturated rings. The van der Waals surface area contributed by atoms with E-state index in [0.717, 1.165) is 19.6 Å². The van der Waals surface area contributed by atoms with Gasteiger partial charge in [0.2, 0.25) is 0 Å². The highest BCUT2D eigenvalue weighted by atomic mass is 127. The van der Waals surface area contributed by atoms with Gasteiger partial charge in [-0.15, -0.1) is 24.0 Å². The van der Waals surface area contributed by atoms with E-state index in [0.29, 0.717) is 29.7 Å². The molecule has 0 aromatic heterocycles. The van der Waals surface area contributed by atoms with Gasteiger partial charge in [-0.1, -0.05) is 19.9 Å². The number of halogens is 2. The highest BCUT2D eigenvalue weighted by molar-refractivity contribution is 14.0. The number of guanidine groups is 1. The van der Waals surface area contributed by atoms with Crippen molar-refractivity contribution in [1.82, 2.24) is 15.5 Å². The van der Waals surface area contributed by atoms with Crippen LogP contribution < -0.4 is 10.6 Å². The lowest BCUT2D eigenvalue weighted by molar-refractivity contribution is 0.231. The van der Waals surface area contributed by atoms with Crippen molar-refractivity contribution in [1.29, 1.82) is 0 Å². The van der Waals surface area contributed by atoms with Crippen LogP contribution in [-0.2, 0) is 22.1 Å². The van der Waals surface area contributed by atoms with Crippen molar-refractivity contribution < 1.29 is 12.8 Å². The maximum atomic E-state index is 13.6. The Hall–Kier alpha value is -0.940. The van der Waals surface area contributed by atoms with Crippen LogP contribution in [0.1, 0.15) is 38.8 Å². The summed E-state index contributed by atoms with van der Waals surface area (Å²) in [5.41, 5.74) is 1.16. The Morgan fingerprint density at radius 2 is 1.82 bits per heavy atom. The van der Waals surface area contributed by atoms with Gasteiger partial charge in [-0.05, 0) is 50.2 Å². The van der Waals surface area contributed by atoms with E-state index in [2.05, 4.69) is 41.3 Å². The SMILES string of the molecule is CCNC(=NCc1cc(F)ccc1CS(C)(=O)=O)NCC(C)N(CC)CC.I. The first-order valence-electron chi connectivity index (χ1n) is 9.41. The van der Waals surface area contributed by atoms with E-state index >= 15 is 0 Å². The van der Waals surface area contributed by atoms with E-state index in [4.69, 9.17) is 0 Å². The summed E-state index contributed by atoms with van der Waals surface area (Å²) in [6, 6.07) is 4.50. The second-order valence-electron chi connectivity index (χ2n) is 6.63. The summed E-state index contributed by atoms with van der Waals surface area (Å²) in [6.07, 6.45) is 1.17. The maximum absolute atomic E-state index is 13.6. The predicted molar refractivity (Wildman–Crippen MR) is 126 cm³/mol. The third-order valence-electron chi connectivity index (χ3n) is 4.34. The van der Waals surface area contributed by atoms with Gasteiger partial charge in [-0.2, -0.15) is 0 Å². The summed E-state index contributed by atoms with van der Waals surface area (Å²) < 4.78 is 36.9. The summed E-state index contributed by atoms with van der Waals surface area (Å²) >= 11 is 0. The molecule has 0 aliphatic carbocycles. The number of sulfone groups is 1. The Labute approximate surface area is 186 Å². The Morgan fingerprint density at radius 1 is 1.18 bits per heavy atom. The number of likely N-dealkylation sites (N-methyl/N-ethyl adjacent to an activating group) is 1. The lowest BCUT2D eigenvalue weighted by Crippen LogP contribution is -2.46. The fourth-order valence-electron chi connectivity index (χ4n) is 2.89. The van der Waals surface area contributed by atoms with Crippen LogP contribution in [0.25, 0.3) is 0 Å². The zero-order valence-electron chi connectivity index (χ0n) is 17.5. The normalized spacial score (nSPS) is 13.2. The molecule has 0 spiro atoms. The first kappa shape index (κ1) is 27.1. The first-order chi connectivity index (χ1) is 12.7. The van der Waals surface area contributed by atoms with Crippen molar-refractivity contribution in [3.63, 3.8) is 0 Å². The second kappa shape index (κ2) is 13.3. The van der Waals surface area contributed by atoms with E-state index in [1.807, 2.05) is 6.92 Å². The van der Waals surface area contributed by atoms with Crippen molar-refractivity contribution in [3.05, 3.63) is 35.1 Å². The number of aliphatic imine (C=N–C) groups is 1. The Morgan fingerprint density at radius 3 is 2.36 bits per heavy atom. The number of hydrogen-bond donors (Lipinski definition) is 2. The van der Waals surface area contributed by atoms with Crippen LogP contribution in [0.15, 0.2) is 23.2 Å². The van der Waals surface area contributed by atoms with Gasteiger partial charge < -0.3 is 10.6 Å². The second-order valence-corrected chi connectivity index (χ2v) is 8.77. The monoisotopic (exact) mass is 528 g/mol. The predicted octanol–water partition coefficient (Wildman–Crippen LogP) is 2.77. The Balaban J connectivity index is 0.00000729. The van der Waals surface area contributed by atoms with Gasteiger partial charge in [0.25, 0.3) is 0 Å². The molecule has 28 heavy (non-hydrogen) atoms. The van der Waals surface area contributed by atoms with Crippen molar-refractivity contribution >= 4 is 39.8 Å². The zero-order chi connectivity index (χ0) is 20.4. The number of nitrogens with one attached hydrogen (secondary N) is 2. The average molecular weight is 528 g/mol. The van der Waals surface area contributed by atoms with Crippen LogP contribution in [0.4, 0.5) is 4.39 Å². The van der Waals surface area contributed by atoms with Crippen LogP contribution in [-0.4, -0.2) is 57.8 Å². The molecule has 1 aromatic rings. The Bertz CT molecular complexity index is 725. The Kier molecular flexibility index (Phi) is 12.9. The largest absolute Gasteiger partial charge is 0.357 e. The minimum Gasteiger partial charge on any atom is -0.357 e. The van der Waals surface area contributed by atoms with Crippen LogP contribution in [0.2, 0.25) is 0 Å². The molecule has 0 aliphatic rings. The fraction of sp³-hybridized carbons (Fsp3) is 0.632. The highest BCUT2D eigenvalue weighted by Crippen LogP contribution is 2.15. The van der Waals surface area contributed by atoms with Gasteiger partial charge in [0.1, 0.15) is 5.82 Å². The number of nitrogens with zero attached hydrogens (tertiary/aromatic N) is 2. The zero-order valence-corrected chi connectivity index (χ0v) is 20.6. The topological polar surface area (TPSA) is 73.8 Å². The summed E-state index contributed by atoms with van der Waals surface area (Å²) in [7, 11) is -3.21. The molecule has 0 heterocycles. The number of rotatable bonds is 10. The van der Waals surface area contributed by atoms with Crippen LogP contribution in [0.5, 0.6) is 0 Å². The van der Waals surface area contributed by atoms with Crippen LogP contribution in [0.3, 0.4) is 0 Å². The molecular formula is C19H34FIN4O2S. The van der Waals surface area contributed by atoms with Crippen molar-refractivity contribution in [2.24, 2.45) is 4.99 Å². The molecule has 1 rings (SSSR count). The molecule has 2 N–H and O–H groups in total. The minimum atomic E-state index is -3.21. The molecule has 6 nitrogen and oxygen atoms in total. The molecule has 1 unspecified atom stereocenters. The van der Waals surface area contributed by atoms with E-state index in [-0.39, 0.29) is 36.3 Å².